The number of fused-ring (bicyclic) bond motifs is 1. The molecule has 0 bridgehead atoms. The van der Waals surface area contributed by atoms with Crippen LogP contribution in [0, 0.1) is 13.8 Å². The molecule has 0 saturated carbocycles. The van der Waals surface area contributed by atoms with E-state index in [1.165, 1.54) is 4.68 Å². The normalized spacial score (nSPS) is 12.2. The monoisotopic (exact) mass is 470 g/mol. The van der Waals surface area contributed by atoms with Crippen molar-refractivity contribution in [1.29, 1.82) is 0 Å². The van der Waals surface area contributed by atoms with Crippen LogP contribution in [0.15, 0.2) is 47.1 Å². The second-order valence-corrected chi connectivity index (χ2v) is 7.94. The van der Waals surface area contributed by atoms with Crippen LogP contribution >= 0.6 is 23.2 Å². The van der Waals surface area contributed by atoms with Crippen LogP contribution in [0.1, 0.15) is 11.5 Å². The summed E-state index contributed by atoms with van der Waals surface area (Å²) in [5.74, 6) is 1.75. The number of anilines is 1. The summed E-state index contributed by atoms with van der Waals surface area (Å²) in [5.41, 5.74) is 3.50. The molecule has 0 unspecified atom stereocenters. The number of amides is 1. The van der Waals surface area contributed by atoms with E-state index >= 15 is 0 Å². The molecule has 0 atom stereocenters. The van der Waals surface area contributed by atoms with Gasteiger partial charge in [0.05, 0.1) is 15.7 Å². The van der Waals surface area contributed by atoms with Gasteiger partial charge in [0.1, 0.15) is 11.4 Å². The van der Waals surface area contributed by atoms with Gasteiger partial charge in [-0.15, -0.1) is 0 Å². The molecule has 3 heterocycles. The Morgan fingerprint density at radius 2 is 1.84 bits per heavy atom. The highest BCUT2D eigenvalue weighted by Gasteiger charge is 2.23. The lowest BCUT2D eigenvalue weighted by Gasteiger charge is -2.08. The fourth-order valence-electron chi connectivity index (χ4n) is 3.49. The maximum absolute atomic E-state index is 13.0. The number of nitrogens with zero attached hydrogens (tertiary/aromatic N) is 3. The summed E-state index contributed by atoms with van der Waals surface area (Å²) in [6.07, 6.45) is 1.65. The maximum atomic E-state index is 13.0. The van der Waals surface area contributed by atoms with Crippen LogP contribution in [0.2, 0.25) is 10.0 Å². The summed E-state index contributed by atoms with van der Waals surface area (Å²) < 4.78 is 17.3. The van der Waals surface area contributed by atoms with Gasteiger partial charge in [0.2, 0.25) is 6.79 Å². The first-order valence-electron chi connectivity index (χ1n) is 9.60. The third-order valence-electron chi connectivity index (χ3n) is 5.08. The molecule has 0 radical (unpaired) electrons. The first-order valence-corrected chi connectivity index (χ1v) is 10.4. The van der Waals surface area contributed by atoms with Gasteiger partial charge in [-0.3, -0.25) is 0 Å². The van der Waals surface area contributed by atoms with Crippen LogP contribution in [0.3, 0.4) is 0 Å². The van der Waals surface area contributed by atoms with Gasteiger partial charge in [0.15, 0.2) is 17.3 Å². The Labute approximate surface area is 192 Å². The molecule has 0 fully saturated rings. The van der Waals surface area contributed by atoms with E-state index in [4.69, 9.17) is 37.2 Å². The summed E-state index contributed by atoms with van der Waals surface area (Å²) in [7, 11) is 0. The Hall–Kier alpha value is -3.49. The van der Waals surface area contributed by atoms with E-state index in [0.717, 1.165) is 11.1 Å². The highest BCUT2D eigenvalue weighted by Crippen LogP contribution is 2.40. The number of rotatable bonds is 3. The minimum Gasteiger partial charge on any atom is -0.454 e. The van der Waals surface area contributed by atoms with Crippen molar-refractivity contribution < 1.29 is 18.8 Å². The van der Waals surface area contributed by atoms with Crippen molar-refractivity contribution in [2.24, 2.45) is 0 Å². The van der Waals surface area contributed by atoms with Gasteiger partial charge >= 0.3 is 6.03 Å². The average molecular weight is 471 g/mol. The number of hydrogen-bond acceptors (Lipinski definition) is 6. The summed E-state index contributed by atoms with van der Waals surface area (Å²) in [6, 6.07) is 10.2. The third kappa shape index (κ3) is 3.47. The predicted molar refractivity (Wildman–Crippen MR) is 120 cm³/mol. The van der Waals surface area contributed by atoms with Gasteiger partial charge in [-0.1, -0.05) is 40.5 Å². The summed E-state index contributed by atoms with van der Waals surface area (Å²) in [4.78, 5) is 13.0. The molecular formula is C22H16Cl2N4O4. The SMILES string of the molecule is Cc1nn(C(=O)Nc2c(-c3c(Cl)cccc3Cl)noc2C)cc1-c1ccc2c(c1)OCO2. The first-order chi connectivity index (χ1) is 15.4. The lowest BCUT2D eigenvalue weighted by atomic mass is 10.1. The van der Waals surface area contributed by atoms with E-state index in [9.17, 15) is 4.79 Å². The number of nitrogens with one attached hydrogen (secondary N) is 1. The zero-order valence-corrected chi connectivity index (χ0v) is 18.5. The molecule has 0 aliphatic carbocycles. The van der Waals surface area contributed by atoms with Crippen molar-refractivity contribution in [2.45, 2.75) is 13.8 Å². The van der Waals surface area contributed by atoms with Crippen LogP contribution in [-0.4, -0.2) is 27.8 Å². The second kappa shape index (κ2) is 7.89. The van der Waals surface area contributed by atoms with Crippen LogP contribution in [-0.2, 0) is 0 Å². The second-order valence-electron chi connectivity index (χ2n) is 7.13. The maximum Gasteiger partial charge on any atom is 0.346 e. The number of ether oxygens (including phenoxy) is 2. The number of aryl methyl sites for hydroxylation is 2. The molecule has 8 nitrogen and oxygen atoms in total. The van der Waals surface area contributed by atoms with Crippen molar-refractivity contribution >= 4 is 34.9 Å². The molecule has 1 aliphatic heterocycles. The van der Waals surface area contributed by atoms with E-state index < -0.39 is 6.03 Å². The average Bonchev–Trinajstić information content (AvgIpc) is 3.47. The molecule has 162 valence electrons. The molecule has 2 aromatic carbocycles. The Kier molecular flexibility index (Phi) is 5.03. The van der Waals surface area contributed by atoms with Crippen LogP contribution in [0.4, 0.5) is 10.5 Å². The molecule has 5 rings (SSSR count). The topological polar surface area (TPSA) is 91.4 Å². The molecule has 32 heavy (non-hydrogen) atoms. The van der Waals surface area contributed by atoms with Crippen molar-refractivity contribution in [2.75, 3.05) is 12.1 Å². The summed E-state index contributed by atoms with van der Waals surface area (Å²) >= 11 is 12.6. The first kappa shape index (κ1) is 20.4. The Balaban J connectivity index is 1.46. The standard InChI is InChI=1S/C22H16Cl2N4O4/c1-11-14(13-6-7-17-18(8-13)31-10-30-17)9-28(26-11)22(29)25-20-12(2)32-27-21(20)19-15(23)4-3-5-16(19)24/h3-9H,10H2,1-2H3,(H,25,29). The lowest BCUT2D eigenvalue weighted by molar-refractivity contribution is 0.174. The summed E-state index contributed by atoms with van der Waals surface area (Å²) in [6.45, 7) is 3.70. The van der Waals surface area contributed by atoms with Gasteiger partial charge in [0, 0.05) is 17.3 Å². The number of hydrogen-bond donors (Lipinski definition) is 1. The van der Waals surface area contributed by atoms with Crippen LogP contribution in [0.25, 0.3) is 22.4 Å². The van der Waals surface area contributed by atoms with Gasteiger partial charge in [0.25, 0.3) is 0 Å². The van der Waals surface area contributed by atoms with E-state index in [2.05, 4.69) is 15.6 Å². The van der Waals surface area contributed by atoms with Gasteiger partial charge in [-0.05, 0) is 43.7 Å². The van der Waals surface area contributed by atoms with Gasteiger partial charge in [-0.25, -0.2) is 4.79 Å². The molecule has 4 aromatic rings. The number of carbonyl (C=O) groups excluding carboxylic acids is 1. The number of aromatic nitrogens is 3. The fourth-order valence-corrected chi connectivity index (χ4v) is 4.07. The van der Waals surface area contributed by atoms with E-state index in [1.807, 2.05) is 25.1 Å². The summed E-state index contributed by atoms with van der Waals surface area (Å²) in [5, 5.41) is 12.0. The smallest absolute Gasteiger partial charge is 0.346 e. The van der Waals surface area contributed by atoms with Gasteiger partial charge < -0.3 is 19.3 Å². The van der Waals surface area contributed by atoms with Crippen LogP contribution in [0.5, 0.6) is 11.5 Å². The largest absolute Gasteiger partial charge is 0.454 e. The molecule has 1 N–H and O–H groups in total. The molecule has 0 spiro atoms. The molecule has 10 heteroatoms. The molecule has 0 saturated heterocycles. The zero-order valence-electron chi connectivity index (χ0n) is 17.0. The number of benzene rings is 2. The fraction of sp³-hybridized carbons (Fsp3) is 0.136. The molecule has 2 aromatic heterocycles. The number of carbonyl (C=O) groups is 1. The zero-order chi connectivity index (χ0) is 22.4. The highest BCUT2D eigenvalue weighted by atomic mass is 35.5. The Bertz CT molecular complexity index is 1340. The van der Waals surface area contributed by atoms with E-state index in [1.54, 1.807) is 31.3 Å². The Morgan fingerprint density at radius 3 is 2.62 bits per heavy atom. The van der Waals surface area contributed by atoms with Crippen molar-refractivity contribution in [3.05, 3.63) is 64.1 Å². The Morgan fingerprint density at radius 1 is 1.09 bits per heavy atom. The molecule has 1 aliphatic rings. The minimum atomic E-state index is -0.490. The van der Waals surface area contributed by atoms with Crippen molar-refractivity contribution in [3.63, 3.8) is 0 Å². The lowest BCUT2D eigenvalue weighted by Crippen LogP contribution is -2.20. The minimum absolute atomic E-state index is 0.190. The number of halogens is 2. The predicted octanol–water partition coefficient (Wildman–Crippen LogP) is 5.94. The van der Waals surface area contributed by atoms with Crippen LogP contribution < -0.4 is 14.8 Å². The van der Waals surface area contributed by atoms with Crippen molar-refractivity contribution in [3.8, 4) is 33.9 Å². The van der Waals surface area contributed by atoms with E-state index in [-0.39, 0.29) is 6.79 Å². The third-order valence-corrected chi connectivity index (χ3v) is 5.71. The highest BCUT2D eigenvalue weighted by molar-refractivity contribution is 6.39. The molecular weight excluding hydrogens is 455 g/mol. The van der Waals surface area contributed by atoms with E-state index in [0.29, 0.717) is 49.9 Å². The van der Waals surface area contributed by atoms with Gasteiger partial charge in [-0.2, -0.15) is 9.78 Å². The van der Waals surface area contributed by atoms with Crippen molar-refractivity contribution in [1.82, 2.24) is 14.9 Å². The quantitative estimate of drug-likeness (QED) is 0.398. The molecule has 1 amide bonds.